The standard InChI is InChI=1S/C11H12N4S2/c1-6-5-8(3-4-9(6)10(12)16)14-11-13-7(2)15-17-11/h3-5H,1-2H3,(H2,12,16)(H,13,14,15). The molecule has 0 radical (unpaired) electrons. The topological polar surface area (TPSA) is 63.8 Å². The highest BCUT2D eigenvalue weighted by Crippen LogP contribution is 2.21. The van der Waals surface area contributed by atoms with Gasteiger partial charge in [-0.1, -0.05) is 12.2 Å². The number of nitrogens with one attached hydrogen (secondary N) is 1. The minimum atomic E-state index is 0.417. The molecule has 0 spiro atoms. The Morgan fingerprint density at radius 3 is 2.71 bits per heavy atom. The van der Waals surface area contributed by atoms with Crippen LogP contribution in [0.4, 0.5) is 10.8 Å². The van der Waals surface area contributed by atoms with Crippen molar-refractivity contribution in [3.8, 4) is 0 Å². The van der Waals surface area contributed by atoms with Gasteiger partial charge in [-0.05, 0) is 37.6 Å². The molecule has 4 nitrogen and oxygen atoms in total. The summed E-state index contributed by atoms with van der Waals surface area (Å²) in [5, 5.41) is 3.97. The van der Waals surface area contributed by atoms with Gasteiger partial charge in [0.1, 0.15) is 10.8 Å². The van der Waals surface area contributed by atoms with Crippen molar-refractivity contribution < 1.29 is 0 Å². The molecule has 2 aromatic rings. The molecule has 1 heterocycles. The molecule has 0 bridgehead atoms. The van der Waals surface area contributed by atoms with E-state index in [0.29, 0.717) is 4.99 Å². The molecule has 0 amide bonds. The summed E-state index contributed by atoms with van der Waals surface area (Å²) in [6.07, 6.45) is 0. The van der Waals surface area contributed by atoms with Crippen LogP contribution >= 0.6 is 23.8 Å². The van der Waals surface area contributed by atoms with Crippen LogP contribution in [0, 0.1) is 13.8 Å². The highest BCUT2D eigenvalue weighted by atomic mass is 32.1. The first-order valence-corrected chi connectivity index (χ1v) is 6.22. The summed E-state index contributed by atoms with van der Waals surface area (Å²) in [5.74, 6) is 0.772. The van der Waals surface area contributed by atoms with Gasteiger partial charge < -0.3 is 11.1 Å². The van der Waals surface area contributed by atoms with Crippen molar-refractivity contribution >= 4 is 39.6 Å². The third kappa shape index (κ3) is 2.78. The van der Waals surface area contributed by atoms with Crippen LogP contribution in [-0.2, 0) is 0 Å². The largest absolute Gasteiger partial charge is 0.389 e. The van der Waals surface area contributed by atoms with Crippen LogP contribution in [0.1, 0.15) is 17.0 Å². The molecule has 0 aliphatic carbocycles. The molecule has 0 saturated heterocycles. The number of hydrogen-bond donors (Lipinski definition) is 2. The fourth-order valence-electron chi connectivity index (χ4n) is 1.49. The number of aromatic nitrogens is 2. The van der Waals surface area contributed by atoms with Gasteiger partial charge in [0, 0.05) is 22.8 Å². The molecule has 0 unspecified atom stereocenters. The van der Waals surface area contributed by atoms with E-state index in [1.165, 1.54) is 11.5 Å². The average molecular weight is 264 g/mol. The molecule has 88 valence electrons. The van der Waals surface area contributed by atoms with Crippen LogP contribution in [0.15, 0.2) is 18.2 Å². The second-order valence-electron chi connectivity index (χ2n) is 3.67. The monoisotopic (exact) mass is 264 g/mol. The van der Waals surface area contributed by atoms with Crippen LogP contribution in [0.25, 0.3) is 0 Å². The van der Waals surface area contributed by atoms with Crippen LogP contribution < -0.4 is 11.1 Å². The second kappa shape index (κ2) is 4.77. The van der Waals surface area contributed by atoms with Crippen LogP contribution in [0.3, 0.4) is 0 Å². The molecule has 0 aliphatic heterocycles. The summed E-state index contributed by atoms with van der Waals surface area (Å²) in [4.78, 5) is 4.66. The van der Waals surface area contributed by atoms with Gasteiger partial charge in [-0.25, -0.2) is 4.98 Å². The first kappa shape index (κ1) is 11.9. The highest BCUT2D eigenvalue weighted by Gasteiger charge is 2.04. The number of thiocarbonyl (C=S) groups is 1. The number of rotatable bonds is 3. The second-order valence-corrected chi connectivity index (χ2v) is 4.86. The highest BCUT2D eigenvalue weighted by molar-refractivity contribution is 7.80. The molecular weight excluding hydrogens is 252 g/mol. The van der Waals surface area contributed by atoms with E-state index in [2.05, 4.69) is 14.7 Å². The van der Waals surface area contributed by atoms with E-state index in [1.807, 2.05) is 32.0 Å². The van der Waals surface area contributed by atoms with Crippen molar-refractivity contribution in [3.05, 3.63) is 35.2 Å². The van der Waals surface area contributed by atoms with E-state index < -0.39 is 0 Å². The third-order valence-corrected chi connectivity index (χ3v) is 3.21. The number of hydrogen-bond acceptors (Lipinski definition) is 5. The quantitative estimate of drug-likeness (QED) is 0.834. The van der Waals surface area contributed by atoms with E-state index >= 15 is 0 Å². The number of aryl methyl sites for hydroxylation is 2. The third-order valence-electron chi connectivity index (χ3n) is 2.27. The van der Waals surface area contributed by atoms with Crippen LogP contribution in [-0.4, -0.2) is 14.3 Å². The van der Waals surface area contributed by atoms with E-state index in [4.69, 9.17) is 18.0 Å². The minimum Gasteiger partial charge on any atom is -0.389 e. The van der Waals surface area contributed by atoms with Crippen molar-refractivity contribution in [1.29, 1.82) is 0 Å². The zero-order valence-corrected chi connectivity index (χ0v) is 11.2. The van der Waals surface area contributed by atoms with Gasteiger partial charge in [0.2, 0.25) is 5.13 Å². The maximum Gasteiger partial charge on any atom is 0.207 e. The van der Waals surface area contributed by atoms with Gasteiger partial charge in [-0.15, -0.1) is 0 Å². The molecule has 1 aromatic carbocycles. The van der Waals surface area contributed by atoms with E-state index in [1.54, 1.807) is 0 Å². The van der Waals surface area contributed by atoms with Gasteiger partial charge in [0.15, 0.2) is 0 Å². The number of anilines is 2. The fourth-order valence-corrected chi connectivity index (χ4v) is 2.31. The molecule has 0 fully saturated rings. The fraction of sp³-hybridized carbons (Fsp3) is 0.182. The smallest absolute Gasteiger partial charge is 0.207 e. The lowest BCUT2D eigenvalue weighted by Gasteiger charge is -2.07. The SMILES string of the molecule is Cc1nsc(Nc2ccc(C(N)=S)c(C)c2)n1. The Labute approximate surface area is 109 Å². The van der Waals surface area contributed by atoms with E-state index in [0.717, 1.165) is 27.8 Å². The Hall–Kier alpha value is -1.53. The molecule has 6 heteroatoms. The molecular formula is C11H12N4S2. The van der Waals surface area contributed by atoms with E-state index in [9.17, 15) is 0 Å². The van der Waals surface area contributed by atoms with Crippen molar-refractivity contribution in [2.24, 2.45) is 5.73 Å². The Kier molecular flexibility index (Phi) is 3.35. The lowest BCUT2D eigenvalue weighted by molar-refractivity contribution is 1.17. The predicted molar refractivity (Wildman–Crippen MR) is 75.0 cm³/mol. The minimum absolute atomic E-state index is 0.417. The van der Waals surface area contributed by atoms with E-state index in [-0.39, 0.29) is 0 Å². The van der Waals surface area contributed by atoms with Gasteiger partial charge >= 0.3 is 0 Å². The summed E-state index contributed by atoms with van der Waals surface area (Å²) in [7, 11) is 0. The van der Waals surface area contributed by atoms with Crippen molar-refractivity contribution in [2.75, 3.05) is 5.32 Å². The molecule has 0 aliphatic rings. The van der Waals surface area contributed by atoms with Crippen molar-refractivity contribution in [1.82, 2.24) is 9.36 Å². The van der Waals surface area contributed by atoms with Crippen molar-refractivity contribution in [2.45, 2.75) is 13.8 Å². The average Bonchev–Trinajstić information content (AvgIpc) is 2.63. The number of benzene rings is 1. The van der Waals surface area contributed by atoms with Gasteiger partial charge in [-0.3, -0.25) is 0 Å². The molecule has 1 aromatic heterocycles. The maximum atomic E-state index is 5.61. The van der Waals surface area contributed by atoms with Gasteiger partial charge in [0.25, 0.3) is 0 Å². The predicted octanol–water partition coefficient (Wildman–Crippen LogP) is 2.53. The Morgan fingerprint density at radius 1 is 1.41 bits per heavy atom. The first-order valence-electron chi connectivity index (χ1n) is 5.04. The Morgan fingerprint density at radius 2 is 2.18 bits per heavy atom. The lowest BCUT2D eigenvalue weighted by atomic mass is 10.1. The lowest BCUT2D eigenvalue weighted by Crippen LogP contribution is -2.11. The Bertz CT molecular complexity index is 562. The summed E-state index contributed by atoms with van der Waals surface area (Å²) in [6, 6.07) is 5.83. The van der Waals surface area contributed by atoms with Crippen LogP contribution in [0.2, 0.25) is 0 Å². The summed E-state index contributed by atoms with van der Waals surface area (Å²) in [6.45, 7) is 3.84. The first-order chi connectivity index (χ1) is 8.06. The molecule has 2 rings (SSSR count). The number of nitrogens with zero attached hydrogens (tertiary/aromatic N) is 2. The normalized spacial score (nSPS) is 10.2. The number of nitrogens with two attached hydrogens (primary N) is 1. The van der Waals surface area contributed by atoms with Crippen LogP contribution in [0.5, 0.6) is 0 Å². The summed E-state index contributed by atoms with van der Waals surface area (Å²) >= 11 is 6.30. The zero-order chi connectivity index (χ0) is 12.4. The Balaban J connectivity index is 2.23. The molecule has 0 atom stereocenters. The maximum absolute atomic E-state index is 5.61. The molecule has 3 N–H and O–H groups in total. The zero-order valence-electron chi connectivity index (χ0n) is 9.52. The summed E-state index contributed by atoms with van der Waals surface area (Å²) < 4.78 is 4.11. The molecule has 0 saturated carbocycles. The van der Waals surface area contributed by atoms with Gasteiger partial charge in [-0.2, -0.15) is 4.37 Å². The van der Waals surface area contributed by atoms with Crippen molar-refractivity contribution in [3.63, 3.8) is 0 Å². The molecule has 17 heavy (non-hydrogen) atoms. The summed E-state index contributed by atoms with van der Waals surface area (Å²) in [5.41, 5.74) is 8.52. The van der Waals surface area contributed by atoms with Gasteiger partial charge in [0.05, 0.1) is 0 Å².